The molecule has 0 unspecified atom stereocenters. The zero-order valence-corrected chi connectivity index (χ0v) is 18.3. The van der Waals surface area contributed by atoms with Crippen LogP contribution in [0.2, 0.25) is 0 Å². The summed E-state index contributed by atoms with van der Waals surface area (Å²) in [6.45, 7) is 5.57. The number of methoxy groups -OCH3 is 2. The highest BCUT2D eigenvalue weighted by Crippen LogP contribution is 2.29. The fourth-order valence-electron chi connectivity index (χ4n) is 3.56. The predicted octanol–water partition coefficient (Wildman–Crippen LogP) is 4.06. The fraction of sp³-hybridized carbons (Fsp3) is 0.478. The monoisotopic (exact) mass is 411 g/mol. The van der Waals surface area contributed by atoms with Crippen molar-refractivity contribution in [1.82, 2.24) is 10.3 Å². The van der Waals surface area contributed by atoms with E-state index in [1.807, 2.05) is 30.5 Å². The van der Waals surface area contributed by atoms with E-state index in [0.717, 1.165) is 42.7 Å². The number of hydrogen-bond acceptors (Lipinski definition) is 5. The molecule has 1 saturated heterocycles. The van der Waals surface area contributed by atoms with Crippen molar-refractivity contribution < 1.29 is 9.47 Å². The van der Waals surface area contributed by atoms with Crippen molar-refractivity contribution in [2.75, 3.05) is 44.1 Å². The fourth-order valence-corrected chi connectivity index (χ4v) is 3.56. The van der Waals surface area contributed by atoms with E-state index < -0.39 is 0 Å². The molecule has 3 rings (SSSR count). The molecule has 0 spiro atoms. The Balaban J connectivity index is 1.71. The number of anilines is 2. The molecule has 2 heterocycles. The summed E-state index contributed by atoms with van der Waals surface area (Å²) in [4.78, 5) is 11.7. The van der Waals surface area contributed by atoms with Gasteiger partial charge in [-0.15, -0.1) is 0 Å². The second-order valence-corrected chi connectivity index (χ2v) is 7.31. The highest BCUT2D eigenvalue weighted by Gasteiger charge is 2.11. The second kappa shape index (κ2) is 11.3. The van der Waals surface area contributed by atoms with Crippen molar-refractivity contribution in [3.63, 3.8) is 0 Å². The molecule has 1 aliphatic heterocycles. The van der Waals surface area contributed by atoms with Gasteiger partial charge in [0.1, 0.15) is 5.82 Å². The molecular weight excluding hydrogens is 378 g/mol. The van der Waals surface area contributed by atoms with Crippen LogP contribution in [0.15, 0.2) is 41.5 Å². The Morgan fingerprint density at radius 2 is 1.80 bits per heavy atom. The molecule has 7 nitrogen and oxygen atoms in total. The molecule has 2 N–H and O–H groups in total. The van der Waals surface area contributed by atoms with Crippen molar-refractivity contribution in [3.05, 3.63) is 42.1 Å². The van der Waals surface area contributed by atoms with Crippen LogP contribution < -0.4 is 25.0 Å². The topological polar surface area (TPSA) is 71.0 Å². The molecule has 1 aliphatic rings. The summed E-state index contributed by atoms with van der Waals surface area (Å²) in [7, 11) is 3.26. The van der Waals surface area contributed by atoms with Gasteiger partial charge in [0.25, 0.3) is 0 Å². The number of nitrogens with zero attached hydrogens (tertiary/aromatic N) is 3. The summed E-state index contributed by atoms with van der Waals surface area (Å²) >= 11 is 0. The average Bonchev–Trinajstić information content (AvgIpc) is 3.07. The van der Waals surface area contributed by atoms with Gasteiger partial charge in [0.15, 0.2) is 17.5 Å². The van der Waals surface area contributed by atoms with Gasteiger partial charge in [-0.2, -0.15) is 0 Å². The third-order valence-corrected chi connectivity index (χ3v) is 5.15. The van der Waals surface area contributed by atoms with E-state index >= 15 is 0 Å². The van der Waals surface area contributed by atoms with Crippen LogP contribution in [0.5, 0.6) is 11.5 Å². The molecule has 0 atom stereocenters. The molecule has 1 aromatic carbocycles. The lowest BCUT2D eigenvalue weighted by Crippen LogP contribution is -2.30. The Morgan fingerprint density at radius 1 is 1.03 bits per heavy atom. The molecule has 0 aliphatic carbocycles. The normalized spacial score (nSPS) is 14.8. The first kappa shape index (κ1) is 21.7. The SMILES string of the molecule is CCNC(=NCc1ccnc(N2CCCCCC2)c1)Nc1ccc(OC)c(OC)c1. The molecule has 2 aromatic rings. The van der Waals surface area contributed by atoms with Gasteiger partial charge < -0.3 is 25.0 Å². The van der Waals surface area contributed by atoms with Crippen LogP contribution >= 0.6 is 0 Å². The van der Waals surface area contributed by atoms with Gasteiger partial charge in [-0.1, -0.05) is 12.8 Å². The minimum absolute atomic E-state index is 0.575. The van der Waals surface area contributed by atoms with E-state index in [1.54, 1.807) is 14.2 Å². The van der Waals surface area contributed by atoms with Crippen molar-refractivity contribution in [1.29, 1.82) is 0 Å². The number of rotatable bonds is 7. The maximum Gasteiger partial charge on any atom is 0.196 e. The second-order valence-electron chi connectivity index (χ2n) is 7.31. The van der Waals surface area contributed by atoms with Crippen LogP contribution in [0.1, 0.15) is 38.2 Å². The van der Waals surface area contributed by atoms with Gasteiger partial charge in [-0.3, -0.25) is 0 Å². The molecule has 0 amide bonds. The first-order valence-electron chi connectivity index (χ1n) is 10.7. The van der Waals surface area contributed by atoms with Crippen molar-refractivity contribution in [3.8, 4) is 11.5 Å². The van der Waals surface area contributed by atoms with Crippen LogP contribution in [0, 0.1) is 0 Å². The first-order valence-corrected chi connectivity index (χ1v) is 10.7. The molecule has 162 valence electrons. The summed E-state index contributed by atoms with van der Waals surface area (Å²) in [5.74, 6) is 3.15. The standard InChI is InChI=1S/C23H33N5O2/c1-4-24-23(27-19-9-10-20(29-2)21(16-19)30-3)26-17-18-11-12-25-22(15-18)28-13-7-5-6-8-14-28/h9-12,15-16H,4-8,13-14,17H2,1-3H3,(H2,24,26,27). The maximum atomic E-state index is 5.39. The van der Waals surface area contributed by atoms with Crippen molar-refractivity contribution in [2.24, 2.45) is 4.99 Å². The minimum Gasteiger partial charge on any atom is -0.493 e. The van der Waals surface area contributed by atoms with E-state index in [4.69, 9.17) is 14.5 Å². The molecule has 0 saturated carbocycles. The van der Waals surface area contributed by atoms with Gasteiger partial charge >= 0.3 is 0 Å². The number of guanidine groups is 1. The number of aliphatic imine (C=N–C) groups is 1. The zero-order valence-electron chi connectivity index (χ0n) is 18.3. The number of benzene rings is 1. The number of pyridine rings is 1. The van der Waals surface area contributed by atoms with Crippen molar-refractivity contribution >= 4 is 17.5 Å². The lowest BCUT2D eigenvalue weighted by atomic mass is 10.2. The summed E-state index contributed by atoms with van der Waals surface area (Å²) in [5.41, 5.74) is 2.03. The van der Waals surface area contributed by atoms with Crippen LogP contribution in [0.3, 0.4) is 0 Å². The minimum atomic E-state index is 0.575. The first-order chi connectivity index (χ1) is 14.7. The Morgan fingerprint density at radius 3 is 2.50 bits per heavy atom. The van der Waals surface area contributed by atoms with Gasteiger partial charge in [0.2, 0.25) is 0 Å². The van der Waals surface area contributed by atoms with Crippen LogP contribution in [0.25, 0.3) is 0 Å². The summed E-state index contributed by atoms with van der Waals surface area (Å²) in [5, 5.41) is 6.63. The summed E-state index contributed by atoms with van der Waals surface area (Å²) in [6, 6.07) is 9.91. The summed E-state index contributed by atoms with van der Waals surface area (Å²) in [6.07, 6.45) is 7.00. The largest absolute Gasteiger partial charge is 0.493 e. The number of hydrogen-bond donors (Lipinski definition) is 2. The quantitative estimate of drug-likeness (QED) is 0.529. The van der Waals surface area contributed by atoms with E-state index in [9.17, 15) is 0 Å². The molecule has 30 heavy (non-hydrogen) atoms. The number of aromatic nitrogens is 1. The molecule has 1 fully saturated rings. The van der Waals surface area contributed by atoms with Crippen LogP contribution in [-0.2, 0) is 6.54 Å². The Bertz CT molecular complexity index is 832. The third kappa shape index (κ3) is 6.02. The Labute approximate surface area is 179 Å². The van der Waals surface area contributed by atoms with Gasteiger partial charge in [-0.05, 0) is 49.6 Å². The molecule has 1 aromatic heterocycles. The smallest absolute Gasteiger partial charge is 0.196 e. The van der Waals surface area contributed by atoms with Gasteiger partial charge in [0.05, 0.1) is 20.8 Å². The van der Waals surface area contributed by atoms with Crippen molar-refractivity contribution in [2.45, 2.75) is 39.2 Å². The average molecular weight is 412 g/mol. The molecule has 7 heteroatoms. The van der Waals surface area contributed by atoms with Crippen LogP contribution in [-0.4, -0.2) is 44.8 Å². The number of ether oxygens (including phenoxy) is 2. The van der Waals surface area contributed by atoms with E-state index in [2.05, 4.69) is 33.5 Å². The van der Waals surface area contributed by atoms with Crippen LogP contribution in [0.4, 0.5) is 11.5 Å². The van der Waals surface area contributed by atoms with Gasteiger partial charge in [-0.25, -0.2) is 9.98 Å². The lowest BCUT2D eigenvalue weighted by molar-refractivity contribution is 0.355. The maximum absolute atomic E-state index is 5.39. The predicted molar refractivity (Wildman–Crippen MR) is 123 cm³/mol. The number of nitrogens with one attached hydrogen (secondary N) is 2. The molecular formula is C23H33N5O2. The molecule has 0 bridgehead atoms. The van der Waals surface area contributed by atoms with Gasteiger partial charge in [0, 0.05) is 37.6 Å². The Kier molecular flexibility index (Phi) is 8.18. The van der Waals surface area contributed by atoms with E-state index in [1.165, 1.54) is 25.7 Å². The highest BCUT2D eigenvalue weighted by atomic mass is 16.5. The third-order valence-electron chi connectivity index (χ3n) is 5.15. The lowest BCUT2D eigenvalue weighted by Gasteiger charge is -2.21. The zero-order chi connectivity index (χ0) is 21.2. The molecule has 0 radical (unpaired) electrons. The Hall–Kier alpha value is -2.96. The summed E-state index contributed by atoms with van der Waals surface area (Å²) < 4.78 is 10.7. The highest BCUT2D eigenvalue weighted by molar-refractivity contribution is 5.93. The van der Waals surface area contributed by atoms with E-state index in [-0.39, 0.29) is 0 Å². The van der Waals surface area contributed by atoms with E-state index in [0.29, 0.717) is 18.0 Å².